The topological polar surface area (TPSA) is 79.9 Å². The summed E-state index contributed by atoms with van der Waals surface area (Å²) < 4.78 is 89.0. The Balaban J connectivity index is 1.87. The zero-order valence-corrected chi connectivity index (χ0v) is 21.6. The molecule has 0 saturated heterocycles. The van der Waals surface area contributed by atoms with E-state index >= 15 is 0 Å². The Labute approximate surface area is 224 Å². The third-order valence-electron chi connectivity index (χ3n) is 5.85. The van der Waals surface area contributed by atoms with Crippen molar-refractivity contribution in [1.82, 2.24) is 10.2 Å². The minimum absolute atomic E-state index is 0.0174. The lowest BCUT2D eigenvalue weighted by molar-refractivity contribution is -0.143. The standard InChI is InChI=1S/C25H23F6N3O4S/c1-13-19(22(36)38-9-8-37-3)20(33-23(39)34(13)2)14-4-6-18(7-5-14)32-21(35)15-10-16(24(26,27)28)12-17(11-15)25(29,30)31/h4-7,10-12,20H,8-9H2,1-3H3,(H,32,35)(H,33,39). The van der Waals surface area contributed by atoms with Gasteiger partial charge >= 0.3 is 18.3 Å². The van der Waals surface area contributed by atoms with Crippen molar-refractivity contribution in [2.24, 2.45) is 0 Å². The number of allylic oxidation sites excluding steroid dienone is 1. The van der Waals surface area contributed by atoms with E-state index in [1.165, 1.54) is 31.4 Å². The van der Waals surface area contributed by atoms with Gasteiger partial charge in [0.25, 0.3) is 5.91 Å². The molecular formula is C25H23F6N3O4S. The molecule has 39 heavy (non-hydrogen) atoms. The van der Waals surface area contributed by atoms with Gasteiger partial charge < -0.3 is 25.0 Å². The van der Waals surface area contributed by atoms with Crippen LogP contribution in [-0.2, 0) is 26.6 Å². The number of anilines is 1. The number of nitrogens with zero attached hydrogens (tertiary/aromatic N) is 1. The monoisotopic (exact) mass is 575 g/mol. The molecule has 0 radical (unpaired) electrons. The first kappa shape index (κ1) is 29.9. The van der Waals surface area contributed by atoms with E-state index in [2.05, 4.69) is 10.6 Å². The molecule has 0 spiro atoms. The number of halogens is 6. The van der Waals surface area contributed by atoms with E-state index in [9.17, 15) is 35.9 Å². The first-order valence-electron chi connectivity index (χ1n) is 11.2. The van der Waals surface area contributed by atoms with Gasteiger partial charge in [-0.25, -0.2) is 4.79 Å². The fourth-order valence-corrected chi connectivity index (χ4v) is 3.95. The van der Waals surface area contributed by atoms with E-state index in [4.69, 9.17) is 21.7 Å². The van der Waals surface area contributed by atoms with Crippen LogP contribution in [0, 0.1) is 0 Å². The quantitative estimate of drug-likeness (QED) is 0.201. The maximum absolute atomic E-state index is 13.1. The van der Waals surface area contributed by atoms with E-state index in [0.717, 1.165) is 0 Å². The molecule has 1 unspecified atom stereocenters. The van der Waals surface area contributed by atoms with Crippen LogP contribution in [0.5, 0.6) is 0 Å². The summed E-state index contributed by atoms with van der Waals surface area (Å²) in [5.74, 6) is -1.78. The van der Waals surface area contributed by atoms with Crippen LogP contribution in [0.25, 0.3) is 0 Å². The highest BCUT2D eigenvalue weighted by molar-refractivity contribution is 7.80. The summed E-state index contributed by atoms with van der Waals surface area (Å²) in [5, 5.41) is 5.65. The van der Waals surface area contributed by atoms with Gasteiger partial charge in [-0.2, -0.15) is 26.3 Å². The average molecular weight is 576 g/mol. The van der Waals surface area contributed by atoms with Gasteiger partial charge in [-0.3, -0.25) is 4.79 Å². The zero-order valence-electron chi connectivity index (χ0n) is 20.8. The molecule has 1 aliphatic rings. The number of hydrogen-bond donors (Lipinski definition) is 2. The number of nitrogens with one attached hydrogen (secondary N) is 2. The van der Waals surface area contributed by atoms with Crippen molar-refractivity contribution in [1.29, 1.82) is 0 Å². The van der Waals surface area contributed by atoms with Crippen molar-refractivity contribution >= 4 is 34.9 Å². The van der Waals surface area contributed by atoms with Crippen LogP contribution < -0.4 is 10.6 Å². The van der Waals surface area contributed by atoms with E-state index in [0.29, 0.717) is 28.5 Å². The number of methoxy groups -OCH3 is 1. The van der Waals surface area contributed by atoms with Crippen LogP contribution in [0.1, 0.15) is 40.0 Å². The van der Waals surface area contributed by atoms with Gasteiger partial charge in [0, 0.05) is 31.1 Å². The predicted octanol–water partition coefficient (Wildman–Crippen LogP) is 5.30. The highest BCUT2D eigenvalue weighted by Gasteiger charge is 2.38. The van der Waals surface area contributed by atoms with Gasteiger partial charge in [0.2, 0.25) is 0 Å². The fraction of sp³-hybridized carbons (Fsp3) is 0.320. The Morgan fingerprint density at radius 3 is 2.08 bits per heavy atom. The number of carbonyl (C=O) groups is 2. The highest BCUT2D eigenvalue weighted by Crippen LogP contribution is 2.37. The average Bonchev–Trinajstić information content (AvgIpc) is 2.86. The number of carbonyl (C=O) groups excluding carboxylic acids is 2. The molecule has 0 aliphatic carbocycles. The molecule has 1 aliphatic heterocycles. The number of esters is 1. The maximum atomic E-state index is 13.1. The number of rotatable bonds is 7. The highest BCUT2D eigenvalue weighted by atomic mass is 32.1. The zero-order chi connectivity index (χ0) is 29.1. The van der Waals surface area contributed by atoms with Crippen molar-refractivity contribution in [3.8, 4) is 0 Å². The normalized spacial score (nSPS) is 16.2. The largest absolute Gasteiger partial charge is 0.460 e. The van der Waals surface area contributed by atoms with E-state index in [-0.39, 0.29) is 30.5 Å². The number of amides is 1. The van der Waals surface area contributed by atoms with E-state index in [1.807, 2.05) is 0 Å². The summed E-state index contributed by atoms with van der Waals surface area (Å²) in [6.07, 6.45) is -10.2. The third-order valence-corrected chi connectivity index (χ3v) is 6.24. The van der Waals surface area contributed by atoms with Gasteiger partial charge in [0.15, 0.2) is 5.11 Å². The molecule has 1 amide bonds. The molecule has 0 bridgehead atoms. The molecule has 0 fully saturated rings. The van der Waals surface area contributed by atoms with Crippen LogP contribution in [0.4, 0.5) is 32.0 Å². The molecule has 1 atom stereocenters. The third kappa shape index (κ3) is 7.06. The summed E-state index contributed by atoms with van der Waals surface area (Å²) in [7, 11) is 3.12. The first-order valence-corrected chi connectivity index (χ1v) is 11.7. The summed E-state index contributed by atoms with van der Waals surface area (Å²) in [4.78, 5) is 27.0. The number of thiocarbonyl (C=S) groups is 1. The Hall–Kier alpha value is -3.65. The summed E-state index contributed by atoms with van der Waals surface area (Å²) in [6.45, 7) is 1.89. The van der Waals surface area contributed by atoms with Gasteiger partial charge in [0.05, 0.1) is 29.3 Å². The second kappa shape index (κ2) is 11.6. The summed E-state index contributed by atoms with van der Waals surface area (Å²) in [5.41, 5.74) is -2.60. The van der Waals surface area contributed by atoms with E-state index in [1.54, 1.807) is 18.9 Å². The van der Waals surface area contributed by atoms with Gasteiger partial charge in [0.1, 0.15) is 6.61 Å². The molecule has 1 heterocycles. The Morgan fingerprint density at radius 1 is 1.00 bits per heavy atom. The lowest BCUT2D eigenvalue weighted by Gasteiger charge is -2.35. The Morgan fingerprint density at radius 2 is 1.56 bits per heavy atom. The minimum atomic E-state index is -5.09. The van der Waals surface area contributed by atoms with Crippen molar-refractivity contribution in [2.75, 3.05) is 32.7 Å². The molecule has 2 aromatic carbocycles. The fourth-order valence-electron chi connectivity index (χ4n) is 3.69. The van der Waals surface area contributed by atoms with Crippen molar-refractivity contribution in [3.05, 3.63) is 76.0 Å². The maximum Gasteiger partial charge on any atom is 0.416 e. The second-order valence-electron chi connectivity index (χ2n) is 8.44. The SMILES string of the molecule is COCCOC(=O)C1=C(C)N(C)C(=S)NC1c1ccc(NC(=O)c2cc(C(F)(F)F)cc(C(F)(F)F)c2)cc1. The molecule has 3 rings (SSSR count). The summed E-state index contributed by atoms with van der Waals surface area (Å²) in [6, 6.07) is 5.71. The van der Waals surface area contributed by atoms with Crippen LogP contribution in [0.2, 0.25) is 0 Å². The van der Waals surface area contributed by atoms with Gasteiger partial charge in [-0.15, -0.1) is 0 Å². The molecule has 0 saturated carbocycles. The van der Waals surface area contributed by atoms with Gasteiger partial charge in [-0.05, 0) is 55.0 Å². The van der Waals surface area contributed by atoms with Gasteiger partial charge in [-0.1, -0.05) is 12.1 Å². The van der Waals surface area contributed by atoms with Crippen molar-refractivity contribution in [2.45, 2.75) is 25.3 Å². The number of ether oxygens (including phenoxy) is 2. The lowest BCUT2D eigenvalue weighted by Crippen LogP contribution is -2.46. The number of hydrogen-bond acceptors (Lipinski definition) is 5. The van der Waals surface area contributed by atoms with Crippen LogP contribution in [0.3, 0.4) is 0 Å². The molecular weight excluding hydrogens is 552 g/mol. The number of benzene rings is 2. The smallest absolute Gasteiger partial charge is 0.416 e. The molecule has 14 heteroatoms. The molecule has 0 aromatic heterocycles. The van der Waals surface area contributed by atoms with Crippen molar-refractivity contribution in [3.63, 3.8) is 0 Å². The molecule has 210 valence electrons. The van der Waals surface area contributed by atoms with Crippen LogP contribution >= 0.6 is 12.2 Å². The van der Waals surface area contributed by atoms with Crippen molar-refractivity contribution < 1.29 is 45.4 Å². The van der Waals surface area contributed by atoms with Crippen LogP contribution in [-0.4, -0.2) is 49.3 Å². The number of alkyl halides is 6. The molecule has 7 nitrogen and oxygen atoms in total. The second-order valence-corrected chi connectivity index (χ2v) is 8.83. The predicted molar refractivity (Wildman–Crippen MR) is 133 cm³/mol. The lowest BCUT2D eigenvalue weighted by atomic mass is 9.95. The first-order chi connectivity index (χ1) is 18.1. The minimum Gasteiger partial charge on any atom is -0.460 e. The Kier molecular flexibility index (Phi) is 8.91. The molecule has 2 aromatic rings. The van der Waals surface area contributed by atoms with E-state index < -0.39 is 47.0 Å². The Bertz CT molecular complexity index is 1260. The summed E-state index contributed by atoms with van der Waals surface area (Å²) >= 11 is 5.33. The van der Waals surface area contributed by atoms with Crippen LogP contribution in [0.15, 0.2) is 53.7 Å². The molecule has 2 N–H and O–H groups in total.